The molecule has 0 bridgehead atoms. The molecule has 0 saturated carbocycles. The lowest BCUT2D eigenvalue weighted by Gasteiger charge is -2.13. The molecule has 1 aromatic rings. The minimum atomic E-state index is -0.00284. The molecule has 0 spiro atoms. The maximum Gasteiger partial charge on any atom is 0.227 e. The van der Waals surface area contributed by atoms with E-state index in [-0.39, 0.29) is 11.8 Å². The molecule has 3 N–H and O–H groups in total. The van der Waals surface area contributed by atoms with Crippen molar-refractivity contribution in [2.45, 2.75) is 26.7 Å². The van der Waals surface area contributed by atoms with E-state index in [0.717, 1.165) is 28.6 Å². The lowest BCUT2D eigenvalue weighted by atomic mass is 10.0. The number of aryl methyl sites for hydroxylation is 1. The lowest BCUT2D eigenvalue weighted by molar-refractivity contribution is -0.119. The number of benzene rings is 1. The maximum atomic E-state index is 11.9. The van der Waals surface area contributed by atoms with Crippen molar-refractivity contribution in [1.29, 1.82) is 0 Å². The van der Waals surface area contributed by atoms with E-state index in [1.54, 1.807) is 0 Å². The molecule has 1 amide bonds. The molecule has 4 heteroatoms. The Balaban J connectivity index is 2.64. The monoisotopic (exact) mass is 298 g/mol. The summed E-state index contributed by atoms with van der Waals surface area (Å²) < 4.78 is 0.966. The summed E-state index contributed by atoms with van der Waals surface area (Å²) in [4.78, 5) is 11.9. The second kappa shape index (κ2) is 6.77. The summed E-state index contributed by atoms with van der Waals surface area (Å²) in [5.74, 6) is 0.0524. The van der Waals surface area contributed by atoms with E-state index in [1.165, 1.54) is 0 Å². The summed E-state index contributed by atoms with van der Waals surface area (Å²) in [6.07, 6.45) is 1.71. The highest BCUT2D eigenvalue weighted by atomic mass is 79.9. The van der Waals surface area contributed by atoms with Crippen LogP contribution >= 0.6 is 15.9 Å². The van der Waals surface area contributed by atoms with Crippen molar-refractivity contribution in [3.05, 3.63) is 28.2 Å². The van der Waals surface area contributed by atoms with Crippen LogP contribution in [0.4, 0.5) is 5.69 Å². The van der Waals surface area contributed by atoms with Gasteiger partial charge < -0.3 is 11.1 Å². The van der Waals surface area contributed by atoms with Crippen LogP contribution in [0.5, 0.6) is 0 Å². The molecule has 0 aliphatic rings. The summed E-state index contributed by atoms with van der Waals surface area (Å²) in [6, 6.07) is 5.86. The van der Waals surface area contributed by atoms with Crippen molar-refractivity contribution in [3.63, 3.8) is 0 Å². The molecular formula is C13H19BrN2O. The van der Waals surface area contributed by atoms with Gasteiger partial charge in [-0.25, -0.2) is 0 Å². The minimum Gasteiger partial charge on any atom is -0.330 e. The first-order chi connectivity index (χ1) is 8.04. The van der Waals surface area contributed by atoms with Crippen LogP contribution in [-0.4, -0.2) is 12.5 Å². The van der Waals surface area contributed by atoms with Gasteiger partial charge >= 0.3 is 0 Å². The molecule has 1 rings (SSSR count). The molecule has 3 nitrogen and oxygen atoms in total. The largest absolute Gasteiger partial charge is 0.330 e. The number of anilines is 1. The Morgan fingerprint density at radius 2 is 2.24 bits per heavy atom. The molecule has 0 radical (unpaired) electrons. The van der Waals surface area contributed by atoms with Gasteiger partial charge in [0.15, 0.2) is 0 Å². The Hall–Kier alpha value is -0.870. The third kappa shape index (κ3) is 4.48. The zero-order chi connectivity index (χ0) is 12.8. The van der Waals surface area contributed by atoms with Gasteiger partial charge in [-0.1, -0.05) is 28.9 Å². The molecule has 94 valence electrons. The minimum absolute atomic E-state index is 0.00284. The van der Waals surface area contributed by atoms with Crippen LogP contribution in [0.3, 0.4) is 0 Å². The van der Waals surface area contributed by atoms with E-state index in [9.17, 15) is 4.79 Å². The Bertz CT molecular complexity index is 393. The molecule has 17 heavy (non-hydrogen) atoms. The van der Waals surface area contributed by atoms with Crippen LogP contribution in [0.1, 0.15) is 25.3 Å². The molecule has 1 unspecified atom stereocenters. The smallest absolute Gasteiger partial charge is 0.227 e. The lowest BCUT2D eigenvalue weighted by Crippen LogP contribution is -2.21. The number of carbonyl (C=O) groups excluding carboxylic acids is 1. The number of hydrogen-bond donors (Lipinski definition) is 2. The number of nitrogens with two attached hydrogens (primary N) is 1. The second-order valence-electron chi connectivity index (χ2n) is 4.28. The molecule has 1 atom stereocenters. The Morgan fingerprint density at radius 1 is 1.53 bits per heavy atom. The van der Waals surface area contributed by atoms with Crippen molar-refractivity contribution >= 4 is 27.5 Å². The van der Waals surface area contributed by atoms with E-state index in [4.69, 9.17) is 5.73 Å². The van der Waals surface area contributed by atoms with Gasteiger partial charge in [-0.3, -0.25) is 4.79 Å². The summed E-state index contributed by atoms with van der Waals surface area (Å²) in [6.45, 7) is 4.54. The third-order valence-electron chi connectivity index (χ3n) is 2.75. The molecule has 0 aliphatic heterocycles. The predicted molar refractivity (Wildman–Crippen MR) is 75.0 cm³/mol. The SMILES string of the molecule is Cc1ccc(Br)cc1NC(=O)C(C)CCCN. The fourth-order valence-corrected chi connectivity index (χ4v) is 1.90. The summed E-state index contributed by atoms with van der Waals surface area (Å²) in [7, 11) is 0. The Kier molecular flexibility index (Phi) is 5.65. The first-order valence-corrected chi connectivity index (χ1v) is 6.61. The summed E-state index contributed by atoms with van der Waals surface area (Å²) in [5, 5.41) is 2.95. The first-order valence-electron chi connectivity index (χ1n) is 5.81. The fourth-order valence-electron chi connectivity index (χ4n) is 1.54. The second-order valence-corrected chi connectivity index (χ2v) is 5.20. The topological polar surface area (TPSA) is 55.1 Å². The normalized spacial score (nSPS) is 12.2. The van der Waals surface area contributed by atoms with Crippen molar-refractivity contribution in [1.82, 2.24) is 0 Å². The number of rotatable bonds is 5. The van der Waals surface area contributed by atoms with Crippen LogP contribution in [0.25, 0.3) is 0 Å². The Labute approximate surface area is 111 Å². The highest BCUT2D eigenvalue weighted by molar-refractivity contribution is 9.10. The molecule has 0 fully saturated rings. The third-order valence-corrected chi connectivity index (χ3v) is 3.24. The van der Waals surface area contributed by atoms with Crippen LogP contribution in [-0.2, 0) is 4.79 Å². The standard InChI is InChI=1S/C13H19BrN2O/c1-9-5-6-11(14)8-12(9)16-13(17)10(2)4-3-7-15/h5-6,8,10H,3-4,7,15H2,1-2H3,(H,16,17). The van der Waals surface area contributed by atoms with Gasteiger partial charge in [0.1, 0.15) is 0 Å². The molecule has 0 saturated heterocycles. The number of nitrogens with one attached hydrogen (secondary N) is 1. The van der Waals surface area contributed by atoms with Crippen molar-refractivity contribution < 1.29 is 4.79 Å². The van der Waals surface area contributed by atoms with Gasteiger partial charge in [-0.2, -0.15) is 0 Å². The van der Waals surface area contributed by atoms with Crippen LogP contribution in [0.15, 0.2) is 22.7 Å². The average molecular weight is 299 g/mol. The van der Waals surface area contributed by atoms with E-state index >= 15 is 0 Å². The highest BCUT2D eigenvalue weighted by Crippen LogP contribution is 2.21. The van der Waals surface area contributed by atoms with Gasteiger partial charge in [-0.05, 0) is 44.0 Å². The van der Waals surface area contributed by atoms with Crippen LogP contribution in [0.2, 0.25) is 0 Å². The molecule has 0 aromatic heterocycles. The van der Waals surface area contributed by atoms with Gasteiger partial charge in [0.25, 0.3) is 0 Å². The van der Waals surface area contributed by atoms with E-state index in [1.807, 2.05) is 32.0 Å². The first kappa shape index (κ1) is 14.2. The summed E-state index contributed by atoms with van der Waals surface area (Å²) in [5.41, 5.74) is 7.36. The maximum absolute atomic E-state index is 11.9. The van der Waals surface area contributed by atoms with Crippen LogP contribution < -0.4 is 11.1 Å². The number of halogens is 1. The molecule has 0 aliphatic carbocycles. The van der Waals surface area contributed by atoms with Crippen molar-refractivity contribution in [2.75, 3.05) is 11.9 Å². The van der Waals surface area contributed by atoms with E-state index in [0.29, 0.717) is 6.54 Å². The van der Waals surface area contributed by atoms with Crippen molar-refractivity contribution in [2.24, 2.45) is 11.7 Å². The highest BCUT2D eigenvalue weighted by Gasteiger charge is 2.13. The average Bonchev–Trinajstić information content (AvgIpc) is 2.30. The number of hydrogen-bond acceptors (Lipinski definition) is 2. The molecular weight excluding hydrogens is 280 g/mol. The Morgan fingerprint density at radius 3 is 2.88 bits per heavy atom. The quantitative estimate of drug-likeness (QED) is 0.878. The number of carbonyl (C=O) groups is 1. The zero-order valence-electron chi connectivity index (χ0n) is 10.3. The molecule has 0 heterocycles. The summed E-state index contributed by atoms with van der Waals surface area (Å²) >= 11 is 3.40. The predicted octanol–water partition coefficient (Wildman–Crippen LogP) is 3.07. The van der Waals surface area contributed by atoms with E-state index < -0.39 is 0 Å². The van der Waals surface area contributed by atoms with Gasteiger partial charge in [-0.15, -0.1) is 0 Å². The van der Waals surface area contributed by atoms with Gasteiger partial charge in [0, 0.05) is 16.1 Å². The van der Waals surface area contributed by atoms with Gasteiger partial charge in [0.05, 0.1) is 0 Å². The number of amides is 1. The van der Waals surface area contributed by atoms with Gasteiger partial charge in [0.2, 0.25) is 5.91 Å². The van der Waals surface area contributed by atoms with E-state index in [2.05, 4.69) is 21.2 Å². The van der Waals surface area contributed by atoms with Crippen molar-refractivity contribution in [3.8, 4) is 0 Å². The zero-order valence-corrected chi connectivity index (χ0v) is 11.9. The fraction of sp³-hybridized carbons (Fsp3) is 0.462. The molecule has 1 aromatic carbocycles. The van der Waals surface area contributed by atoms with Crippen LogP contribution in [0, 0.1) is 12.8 Å².